The van der Waals surface area contributed by atoms with Crippen LogP contribution in [0.5, 0.6) is 0 Å². The van der Waals surface area contributed by atoms with Crippen molar-refractivity contribution in [1.29, 1.82) is 0 Å². The summed E-state index contributed by atoms with van der Waals surface area (Å²) in [5.41, 5.74) is -0.165. The molecule has 2 aliphatic heterocycles. The summed E-state index contributed by atoms with van der Waals surface area (Å²) in [4.78, 5) is 23.0. The Kier molecular flexibility index (Phi) is 8.41. The van der Waals surface area contributed by atoms with Gasteiger partial charge in [-0.15, -0.1) is 0 Å². The third kappa shape index (κ3) is 7.07. The Balaban J connectivity index is 1.74. The first-order valence-corrected chi connectivity index (χ1v) is 10.4. The maximum absolute atomic E-state index is 11.7. The normalized spacial score (nSPS) is 27.7. The molecule has 0 saturated carbocycles. The van der Waals surface area contributed by atoms with E-state index in [1.54, 1.807) is 26.0 Å². The Labute approximate surface area is 178 Å². The lowest BCUT2D eigenvalue weighted by Crippen LogP contribution is -2.40. The standard InChI is InChI=1S/C23H34O7/c1-16(7-5-9-17-15-20(28-4)29-21(17)26)8-6-12-22(2,27)13-10-18(24)23(3)14-11-19(25)30-23/h6-7,12,15,18,20,24,27H,5,8-11,13-14H2,1-4H3. The van der Waals surface area contributed by atoms with Crippen LogP contribution in [0.25, 0.3) is 0 Å². The number of carbonyl (C=O) groups is 2. The van der Waals surface area contributed by atoms with Gasteiger partial charge in [0.05, 0.1) is 11.7 Å². The number of allylic oxidation sites excluding steroid dienone is 3. The first-order valence-electron chi connectivity index (χ1n) is 10.4. The molecule has 7 heteroatoms. The monoisotopic (exact) mass is 422 g/mol. The fourth-order valence-corrected chi connectivity index (χ4v) is 3.57. The Morgan fingerprint density at radius 3 is 2.80 bits per heavy atom. The lowest BCUT2D eigenvalue weighted by molar-refractivity contribution is -0.157. The minimum atomic E-state index is -1.06. The van der Waals surface area contributed by atoms with Crippen LogP contribution in [-0.4, -0.2) is 52.9 Å². The summed E-state index contributed by atoms with van der Waals surface area (Å²) in [5.74, 6) is -0.614. The highest BCUT2D eigenvalue weighted by molar-refractivity contribution is 5.90. The molecule has 0 spiro atoms. The molecule has 1 saturated heterocycles. The summed E-state index contributed by atoms with van der Waals surface area (Å²) in [5, 5.41) is 20.9. The molecule has 1 fully saturated rings. The summed E-state index contributed by atoms with van der Waals surface area (Å²) in [7, 11) is 1.49. The van der Waals surface area contributed by atoms with Gasteiger partial charge in [0, 0.05) is 19.1 Å². The number of hydrogen-bond acceptors (Lipinski definition) is 7. The summed E-state index contributed by atoms with van der Waals surface area (Å²) in [6.07, 6.45) is 9.52. The van der Waals surface area contributed by atoms with Crippen molar-refractivity contribution in [3.05, 3.63) is 35.5 Å². The van der Waals surface area contributed by atoms with E-state index in [1.165, 1.54) is 7.11 Å². The van der Waals surface area contributed by atoms with Crippen LogP contribution >= 0.6 is 0 Å². The molecule has 0 radical (unpaired) electrons. The zero-order valence-electron chi connectivity index (χ0n) is 18.3. The fourth-order valence-electron chi connectivity index (χ4n) is 3.57. The second kappa shape index (κ2) is 10.4. The van der Waals surface area contributed by atoms with Crippen molar-refractivity contribution < 1.29 is 34.0 Å². The van der Waals surface area contributed by atoms with Crippen molar-refractivity contribution in [3.63, 3.8) is 0 Å². The zero-order valence-corrected chi connectivity index (χ0v) is 18.3. The van der Waals surface area contributed by atoms with E-state index in [1.807, 2.05) is 13.0 Å². The maximum atomic E-state index is 11.7. The number of carbonyl (C=O) groups excluding carboxylic acids is 2. The van der Waals surface area contributed by atoms with Crippen molar-refractivity contribution >= 4 is 11.9 Å². The molecule has 2 N–H and O–H groups in total. The van der Waals surface area contributed by atoms with Crippen LogP contribution in [0.1, 0.15) is 65.7 Å². The number of hydrogen-bond donors (Lipinski definition) is 2. The molecule has 30 heavy (non-hydrogen) atoms. The number of rotatable bonds is 11. The van der Waals surface area contributed by atoms with Gasteiger partial charge in [0.1, 0.15) is 5.60 Å². The third-order valence-electron chi connectivity index (χ3n) is 5.68. The van der Waals surface area contributed by atoms with Gasteiger partial charge < -0.3 is 24.4 Å². The van der Waals surface area contributed by atoms with Crippen LogP contribution in [0.4, 0.5) is 0 Å². The van der Waals surface area contributed by atoms with Crippen LogP contribution in [0.3, 0.4) is 0 Å². The number of esters is 2. The summed E-state index contributed by atoms with van der Waals surface area (Å²) in [6, 6.07) is 0. The number of aliphatic hydroxyl groups is 2. The Morgan fingerprint density at radius 1 is 1.47 bits per heavy atom. The predicted molar refractivity (Wildman–Crippen MR) is 111 cm³/mol. The number of aliphatic hydroxyl groups excluding tert-OH is 1. The van der Waals surface area contributed by atoms with E-state index >= 15 is 0 Å². The van der Waals surface area contributed by atoms with Gasteiger partial charge in [0.25, 0.3) is 0 Å². The molecule has 2 rings (SSSR count). The molecule has 4 atom stereocenters. The Hall–Kier alpha value is -1.96. The van der Waals surface area contributed by atoms with E-state index in [0.717, 1.165) is 12.0 Å². The first kappa shape index (κ1) is 24.3. The van der Waals surface area contributed by atoms with Crippen LogP contribution in [-0.2, 0) is 23.8 Å². The molecule has 4 unspecified atom stereocenters. The van der Waals surface area contributed by atoms with Gasteiger partial charge in [-0.3, -0.25) is 4.79 Å². The lowest BCUT2D eigenvalue weighted by Gasteiger charge is -2.30. The van der Waals surface area contributed by atoms with E-state index < -0.39 is 23.6 Å². The highest BCUT2D eigenvalue weighted by Crippen LogP contribution is 2.32. The van der Waals surface area contributed by atoms with Crippen LogP contribution in [0, 0.1) is 0 Å². The maximum Gasteiger partial charge on any atom is 0.336 e. The molecule has 168 valence electrons. The van der Waals surface area contributed by atoms with Crippen molar-refractivity contribution in [2.45, 2.75) is 89.3 Å². The third-order valence-corrected chi connectivity index (χ3v) is 5.68. The molecule has 0 aliphatic carbocycles. The summed E-state index contributed by atoms with van der Waals surface area (Å²) < 4.78 is 15.2. The second-order valence-electron chi connectivity index (χ2n) is 8.60. The Morgan fingerprint density at radius 2 is 2.20 bits per heavy atom. The number of methoxy groups -OCH3 is 1. The average Bonchev–Trinajstić information content (AvgIpc) is 3.22. The highest BCUT2D eigenvalue weighted by Gasteiger charge is 2.42. The molecule has 0 amide bonds. The molecule has 0 aromatic carbocycles. The highest BCUT2D eigenvalue weighted by atomic mass is 16.7. The molecule has 0 aromatic heterocycles. The van der Waals surface area contributed by atoms with Gasteiger partial charge in [-0.25, -0.2) is 4.79 Å². The lowest BCUT2D eigenvalue weighted by atomic mass is 9.88. The smallest absolute Gasteiger partial charge is 0.336 e. The van der Waals surface area contributed by atoms with E-state index in [4.69, 9.17) is 14.2 Å². The van der Waals surface area contributed by atoms with Crippen LogP contribution in [0.2, 0.25) is 0 Å². The number of ether oxygens (including phenoxy) is 3. The van der Waals surface area contributed by atoms with Crippen molar-refractivity contribution in [3.8, 4) is 0 Å². The van der Waals surface area contributed by atoms with Gasteiger partial charge in [0.15, 0.2) is 0 Å². The number of cyclic esters (lactones) is 2. The van der Waals surface area contributed by atoms with Crippen molar-refractivity contribution in [2.75, 3.05) is 7.11 Å². The first-order chi connectivity index (χ1) is 14.0. The van der Waals surface area contributed by atoms with Gasteiger partial charge in [-0.2, -0.15) is 0 Å². The molecule has 0 aromatic rings. The molecule has 7 nitrogen and oxygen atoms in total. The van der Waals surface area contributed by atoms with Gasteiger partial charge in [-0.05, 0) is 65.4 Å². The van der Waals surface area contributed by atoms with Gasteiger partial charge in [-0.1, -0.05) is 23.8 Å². The molecule has 2 aliphatic rings. The van der Waals surface area contributed by atoms with E-state index in [2.05, 4.69) is 6.08 Å². The van der Waals surface area contributed by atoms with E-state index in [0.29, 0.717) is 44.1 Å². The van der Waals surface area contributed by atoms with Gasteiger partial charge >= 0.3 is 11.9 Å². The quantitative estimate of drug-likeness (QED) is 0.390. The second-order valence-corrected chi connectivity index (χ2v) is 8.60. The average molecular weight is 423 g/mol. The minimum Gasteiger partial charge on any atom is -0.457 e. The topological polar surface area (TPSA) is 102 Å². The molecule has 0 bridgehead atoms. The molecular weight excluding hydrogens is 388 g/mol. The van der Waals surface area contributed by atoms with Crippen LogP contribution in [0.15, 0.2) is 35.5 Å². The van der Waals surface area contributed by atoms with E-state index in [-0.39, 0.29) is 11.9 Å². The van der Waals surface area contributed by atoms with E-state index in [9.17, 15) is 19.8 Å². The van der Waals surface area contributed by atoms with Crippen LogP contribution < -0.4 is 0 Å². The summed E-state index contributed by atoms with van der Waals surface area (Å²) >= 11 is 0. The largest absolute Gasteiger partial charge is 0.457 e. The summed E-state index contributed by atoms with van der Waals surface area (Å²) in [6.45, 7) is 5.43. The Bertz CT molecular complexity index is 719. The minimum absolute atomic E-state index is 0.287. The van der Waals surface area contributed by atoms with Crippen molar-refractivity contribution in [1.82, 2.24) is 0 Å². The fraction of sp³-hybridized carbons (Fsp3) is 0.652. The van der Waals surface area contributed by atoms with Gasteiger partial charge in [0.2, 0.25) is 6.29 Å². The predicted octanol–water partition coefficient (Wildman–Crippen LogP) is 3.10. The van der Waals surface area contributed by atoms with Crippen molar-refractivity contribution in [2.24, 2.45) is 0 Å². The SMILES string of the molecule is COC1C=C(CCC=C(C)CC=CC(C)(O)CCC(O)C2(C)CCC(=O)O2)C(=O)O1. The molecular formula is C23H34O7. The molecule has 2 heterocycles. The zero-order chi connectivity index (χ0) is 22.4.